The molecule has 1 aromatic carbocycles. The Kier molecular flexibility index (Phi) is 4.78. The maximum Gasteiger partial charge on any atom is 0.171 e. The van der Waals surface area contributed by atoms with Gasteiger partial charge >= 0.3 is 0 Å². The number of nitrogens with zero attached hydrogens (tertiary/aromatic N) is 3. The molecule has 7 rings (SSSR count). The SMILES string of the molecule is CN(C)C1CC23CCC4(O2)C2CC=C(c5ccc6cnncc6c5)C2(C)CCC4(F)CC3(F)C(O)C1O. The summed E-state index contributed by atoms with van der Waals surface area (Å²) in [5.74, 6) is -0.134. The van der Waals surface area contributed by atoms with Crippen LogP contribution in [0.15, 0.2) is 36.7 Å². The number of benzene rings is 1. The number of fused-ring (bicyclic) bond motifs is 2. The van der Waals surface area contributed by atoms with Gasteiger partial charge in [0.25, 0.3) is 0 Å². The number of allylic oxidation sites excluding steroid dienone is 2. The van der Waals surface area contributed by atoms with E-state index in [0.717, 1.165) is 16.3 Å². The molecule has 9 unspecified atom stereocenters. The largest absolute Gasteiger partial charge is 0.389 e. The third kappa shape index (κ3) is 2.78. The summed E-state index contributed by atoms with van der Waals surface area (Å²) in [4.78, 5) is 1.82. The van der Waals surface area contributed by atoms with E-state index in [1.165, 1.54) is 5.57 Å². The van der Waals surface area contributed by atoms with Crippen molar-refractivity contribution in [3.05, 3.63) is 42.2 Å². The fourth-order valence-electron chi connectivity index (χ4n) is 9.14. The Morgan fingerprint density at radius 1 is 1.03 bits per heavy atom. The summed E-state index contributed by atoms with van der Waals surface area (Å²) in [6, 6.07) is 5.81. The minimum atomic E-state index is -2.32. The molecule has 198 valence electrons. The number of hydrogen-bond acceptors (Lipinski definition) is 6. The topological polar surface area (TPSA) is 78.7 Å². The van der Waals surface area contributed by atoms with Crippen LogP contribution in [0.3, 0.4) is 0 Å². The van der Waals surface area contributed by atoms with Gasteiger partial charge in [-0.05, 0) is 75.2 Å². The van der Waals surface area contributed by atoms with Crippen LogP contribution in [0.2, 0.25) is 0 Å². The Morgan fingerprint density at radius 3 is 2.54 bits per heavy atom. The molecule has 9 atom stereocenters. The van der Waals surface area contributed by atoms with Crippen molar-refractivity contribution in [2.45, 2.75) is 92.7 Å². The van der Waals surface area contributed by atoms with Gasteiger partial charge in [0, 0.05) is 29.2 Å². The van der Waals surface area contributed by atoms with E-state index in [1.54, 1.807) is 12.4 Å². The number of rotatable bonds is 2. The molecule has 5 aliphatic rings. The highest BCUT2D eigenvalue weighted by Crippen LogP contribution is 2.74. The lowest BCUT2D eigenvalue weighted by atomic mass is 9.51. The quantitative estimate of drug-likeness (QED) is 0.635. The van der Waals surface area contributed by atoms with E-state index in [0.29, 0.717) is 25.7 Å². The molecule has 2 spiro atoms. The lowest BCUT2D eigenvalue weighted by Gasteiger charge is -2.65. The zero-order chi connectivity index (χ0) is 26.0. The van der Waals surface area contributed by atoms with Gasteiger partial charge in [-0.25, -0.2) is 8.78 Å². The average molecular weight is 512 g/mol. The van der Waals surface area contributed by atoms with Crippen LogP contribution in [-0.2, 0) is 4.74 Å². The Labute approximate surface area is 215 Å². The highest BCUT2D eigenvalue weighted by molar-refractivity contribution is 5.86. The first kappa shape index (κ1) is 24.1. The molecular weight excluding hydrogens is 476 g/mol. The van der Waals surface area contributed by atoms with Crippen molar-refractivity contribution in [2.24, 2.45) is 11.3 Å². The molecule has 4 fully saturated rings. The van der Waals surface area contributed by atoms with Crippen LogP contribution in [0.5, 0.6) is 0 Å². The van der Waals surface area contributed by atoms with Crippen molar-refractivity contribution in [2.75, 3.05) is 14.1 Å². The molecule has 0 radical (unpaired) electrons. The van der Waals surface area contributed by atoms with Gasteiger partial charge < -0.3 is 19.8 Å². The zero-order valence-corrected chi connectivity index (χ0v) is 21.6. The highest BCUT2D eigenvalue weighted by atomic mass is 19.2. The molecule has 0 amide bonds. The summed E-state index contributed by atoms with van der Waals surface area (Å²) in [5.41, 5.74) is -4.68. The number of aromatic nitrogens is 2. The average Bonchev–Trinajstić information content (AvgIpc) is 3.42. The van der Waals surface area contributed by atoms with Crippen molar-refractivity contribution in [1.29, 1.82) is 0 Å². The van der Waals surface area contributed by atoms with E-state index >= 15 is 8.78 Å². The number of halogens is 2. The normalized spacial score (nSPS) is 48.5. The van der Waals surface area contributed by atoms with Gasteiger partial charge in [-0.2, -0.15) is 10.2 Å². The lowest BCUT2D eigenvalue weighted by Crippen LogP contribution is -2.78. The van der Waals surface area contributed by atoms with Crippen molar-refractivity contribution >= 4 is 16.3 Å². The molecule has 2 bridgehead atoms. The molecule has 2 aliphatic heterocycles. The van der Waals surface area contributed by atoms with Crippen LogP contribution in [0, 0.1) is 11.3 Å². The second kappa shape index (κ2) is 7.34. The number of hydrogen-bond donors (Lipinski definition) is 2. The number of aliphatic hydroxyl groups excluding tert-OH is 2. The van der Waals surface area contributed by atoms with E-state index < -0.39 is 47.2 Å². The molecule has 2 N–H and O–H groups in total. The van der Waals surface area contributed by atoms with Crippen LogP contribution in [-0.4, -0.2) is 80.2 Å². The van der Waals surface area contributed by atoms with Gasteiger partial charge in [0.15, 0.2) is 5.67 Å². The minimum absolute atomic E-state index is 0.134. The maximum absolute atomic E-state index is 17.2. The number of likely N-dealkylation sites (N-methyl/N-ethyl adjacent to an activating group) is 1. The standard InChI is InChI=1S/C29H35F2N3O3/c1-25-8-9-26(30)16-28(31)24(36)23(35)21(34(2)3)13-27(28)10-11-29(26,37-27)22(25)7-6-20(25)17-4-5-18-14-32-33-15-19(18)12-17/h4-6,12,14-15,21-24,35-36H,7-11,13,16H2,1-3H3. The van der Waals surface area contributed by atoms with E-state index in [2.05, 4.69) is 35.3 Å². The van der Waals surface area contributed by atoms with Crippen molar-refractivity contribution in [3.63, 3.8) is 0 Å². The first-order valence-corrected chi connectivity index (χ1v) is 13.5. The van der Waals surface area contributed by atoms with Crippen LogP contribution < -0.4 is 0 Å². The monoisotopic (exact) mass is 511 g/mol. The second-order valence-corrected chi connectivity index (χ2v) is 12.8. The predicted octanol–water partition coefficient (Wildman–Crippen LogP) is 4.00. The first-order chi connectivity index (χ1) is 17.5. The maximum atomic E-state index is 17.2. The van der Waals surface area contributed by atoms with Gasteiger partial charge in [0.2, 0.25) is 0 Å². The van der Waals surface area contributed by atoms with E-state index in [9.17, 15) is 10.2 Å². The zero-order valence-electron chi connectivity index (χ0n) is 21.6. The fourth-order valence-corrected chi connectivity index (χ4v) is 9.14. The van der Waals surface area contributed by atoms with Crippen LogP contribution >= 0.6 is 0 Å². The van der Waals surface area contributed by atoms with Gasteiger partial charge in [-0.3, -0.25) is 0 Å². The van der Waals surface area contributed by atoms with Crippen LogP contribution in [0.4, 0.5) is 8.78 Å². The summed E-state index contributed by atoms with van der Waals surface area (Å²) >= 11 is 0. The van der Waals surface area contributed by atoms with E-state index in [-0.39, 0.29) is 24.2 Å². The number of ether oxygens (including phenoxy) is 1. The second-order valence-electron chi connectivity index (χ2n) is 12.8. The van der Waals surface area contributed by atoms with Crippen LogP contribution in [0.1, 0.15) is 57.4 Å². The van der Waals surface area contributed by atoms with Gasteiger partial charge in [-0.1, -0.05) is 25.1 Å². The minimum Gasteiger partial charge on any atom is -0.389 e. The van der Waals surface area contributed by atoms with Crippen LogP contribution in [0.25, 0.3) is 16.3 Å². The Bertz CT molecular complexity index is 1320. The molecular formula is C29H35F2N3O3. The third-order valence-electron chi connectivity index (χ3n) is 11.1. The predicted molar refractivity (Wildman–Crippen MR) is 135 cm³/mol. The Balaban J connectivity index is 1.29. The molecule has 3 aliphatic carbocycles. The van der Waals surface area contributed by atoms with Crippen molar-refractivity contribution in [3.8, 4) is 0 Å². The Hall–Kier alpha value is -2.00. The van der Waals surface area contributed by atoms with Gasteiger partial charge in [0.1, 0.15) is 23.0 Å². The molecule has 37 heavy (non-hydrogen) atoms. The Morgan fingerprint density at radius 2 is 1.78 bits per heavy atom. The summed E-state index contributed by atoms with van der Waals surface area (Å²) < 4.78 is 40.9. The molecule has 8 heteroatoms. The molecule has 3 heterocycles. The van der Waals surface area contributed by atoms with E-state index in [1.807, 2.05) is 25.1 Å². The molecule has 6 nitrogen and oxygen atoms in total. The smallest absolute Gasteiger partial charge is 0.171 e. The van der Waals surface area contributed by atoms with Crippen molar-refractivity contribution < 1.29 is 23.7 Å². The number of alkyl halides is 2. The molecule has 2 saturated heterocycles. The van der Waals surface area contributed by atoms with Crippen molar-refractivity contribution in [1.82, 2.24) is 15.1 Å². The molecule has 2 aromatic rings. The third-order valence-corrected chi connectivity index (χ3v) is 11.1. The highest BCUT2D eigenvalue weighted by Gasteiger charge is 2.82. The molecule has 1 aromatic heterocycles. The summed E-state index contributed by atoms with van der Waals surface area (Å²) in [5, 5.41) is 31.9. The number of aliphatic hydroxyl groups is 2. The summed E-state index contributed by atoms with van der Waals surface area (Å²) in [6.45, 7) is 2.22. The summed E-state index contributed by atoms with van der Waals surface area (Å²) in [6.07, 6.45) is 4.74. The fraction of sp³-hybridized carbons (Fsp3) is 0.655. The lowest BCUT2D eigenvalue weighted by molar-refractivity contribution is -0.347. The van der Waals surface area contributed by atoms with E-state index in [4.69, 9.17) is 4.74 Å². The first-order valence-electron chi connectivity index (χ1n) is 13.5. The summed E-state index contributed by atoms with van der Waals surface area (Å²) in [7, 11) is 3.63. The molecule has 2 saturated carbocycles. The van der Waals surface area contributed by atoms with Gasteiger partial charge in [-0.15, -0.1) is 0 Å². The van der Waals surface area contributed by atoms with Gasteiger partial charge in [0.05, 0.1) is 18.5 Å².